The van der Waals surface area contributed by atoms with E-state index in [1.165, 1.54) is 0 Å². The van der Waals surface area contributed by atoms with Gasteiger partial charge < -0.3 is 19.9 Å². The predicted molar refractivity (Wildman–Crippen MR) is 71.5 cm³/mol. The molecule has 0 spiro atoms. The molecule has 0 aliphatic heterocycles. The van der Waals surface area contributed by atoms with Crippen LogP contribution >= 0.6 is 0 Å². The molecular formula is C13H23N3O2. The summed E-state index contributed by atoms with van der Waals surface area (Å²) in [7, 11) is 1.87. The first kappa shape index (κ1) is 14.7. The van der Waals surface area contributed by atoms with Crippen LogP contribution in [0, 0.1) is 0 Å². The van der Waals surface area contributed by atoms with E-state index in [4.69, 9.17) is 0 Å². The van der Waals surface area contributed by atoms with Crippen LogP contribution in [-0.4, -0.2) is 52.8 Å². The molecule has 1 rings (SSSR count). The van der Waals surface area contributed by atoms with E-state index in [0.717, 1.165) is 13.1 Å². The van der Waals surface area contributed by atoms with Crippen molar-refractivity contribution in [3.63, 3.8) is 0 Å². The maximum atomic E-state index is 11.7. The summed E-state index contributed by atoms with van der Waals surface area (Å²) in [5, 5.41) is 12.6. The Kier molecular flexibility index (Phi) is 5.88. The number of nitrogens with zero attached hydrogens (tertiary/aromatic N) is 2. The lowest BCUT2D eigenvalue weighted by atomic mass is 10.3. The first-order valence-electron chi connectivity index (χ1n) is 6.37. The van der Waals surface area contributed by atoms with Crippen molar-refractivity contribution in [3.05, 3.63) is 24.0 Å². The summed E-state index contributed by atoms with van der Waals surface area (Å²) < 4.78 is 1.82. The van der Waals surface area contributed by atoms with Crippen molar-refractivity contribution in [1.82, 2.24) is 14.8 Å². The molecule has 102 valence electrons. The number of amides is 1. The highest BCUT2D eigenvalue weighted by Gasteiger charge is 2.11. The number of likely N-dealkylation sites (N-methyl/N-ethyl adjacent to an activating group) is 1. The SMILES string of the molecule is CCN(CC)CC(O)CNC(=O)c1ccn(C)c1. The maximum Gasteiger partial charge on any atom is 0.252 e. The molecule has 0 saturated carbocycles. The zero-order chi connectivity index (χ0) is 13.5. The van der Waals surface area contributed by atoms with Crippen molar-refractivity contribution in [2.75, 3.05) is 26.2 Å². The molecule has 5 heteroatoms. The third-order valence-corrected chi connectivity index (χ3v) is 2.96. The molecule has 0 saturated heterocycles. The average Bonchev–Trinajstić information content (AvgIpc) is 2.79. The van der Waals surface area contributed by atoms with Crippen molar-refractivity contribution in [1.29, 1.82) is 0 Å². The van der Waals surface area contributed by atoms with Crippen LogP contribution in [0.3, 0.4) is 0 Å². The fraction of sp³-hybridized carbons (Fsp3) is 0.615. The third-order valence-electron chi connectivity index (χ3n) is 2.96. The van der Waals surface area contributed by atoms with Crippen LogP contribution in [0.15, 0.2) is 18.5 Å². The van der Waals surface area contributed by atoms with Gasteiger partial charge in [-0.15, -0.1) is 0 Å². The largest absolute Gasteiger partial charge is 0.390 e. The van der Waals surface area contributed by atoms with Gasteiger partial charge in [-0.05, 0) is 19.2 Å². The topological polar surface area (TPSA) is 57.5 Å². The highest BCUT2D eigenvalue weighted by atomic mass is 16.3. The van der Waals surface area contributed by atoms with E-state index < -0.39 is 6.10 Å². The molecule has 1 heterocycles. The number of hydrogen-bond donors (Lipinski definition) is 2. The van der Waals surface area contributed by atoms with Crippen molar-refractivity contribution in [2.24, 2.45) is 7.05 Å². The molecule has 1 unspecified atom stereocenters. The Morgan fingerprint density at radius 1 is 1.50 bits per heavy atom. The van der Waals surface area contributed by atoms with Crippen LogP contribution in [0.5, 0.6) is 0 Å². The fourth-order valence-corrected chi connectivity index (χ4v) is 1.79. The number of hydrogen-bond acceptors (Lipinski definition) is 3. The highest BCUT2D eigenvalue weighted by Crippen LogP contribution is 1.99. The van der Waals surface area contributed by atoms with Crippen molar-refractivity contribution < 1.29 is 9.90 Å². The van der Waals surface area contributed by atoms with E-state index in [9.17, 15) is 9.90 Å². The van der Waals surface area contributed by atoms with Crippen molar-refractivity contribution in [3.8, 4) is 0 Å². The Hall–Kier alpha value is -1.33. The first-order chi connectivity index (χ1) is 8.56. The van der Waals surface area contributed by atoms with Crippen LogP contribution in [0.25, 0.3) is 0 Å². The first-order valence-corrected chi connectivity index (χ1v) is 6.37. The van der Waals surface area contributed by atoms with Gasteiger partial charge in [-0.3, -0.25) is 4.79 Å². The number of nitrogens with one attached hydrogen (secondary N) is 1. The zero-order valence-electron chi connectivity index (χ0n) is 11.4. The standard InChI is InChI=1S/C13H23N3O2/c1-4-16(5-2)10-12(17)8-14-13(18)11-6-7-15(3)9-11/h6-7,9,12,17H,4-5,8,10H2,1-3H3,(H,14,18). The molecule has 0 fully saturated rings. The predicted octanol–water partition coefficient (Wildman–Crippen LogP) is 0.458. The number of aromatic nitrogens is 1. The van der Waals surface area contributed by atoms with Gasteiger partial charge in [-0.1, -0.05) is 13.8 Å². The molecule has 0 bridgehead atoms. The lowest BCUT2D eigenvalue weighted by Crippen LogP contribution is -2.40. The Morgan fingerprint density at radius 3 is 2.67 bits per heavy atom. The summed E-state index contributed by atoms with van der Waals surface area (Å²) in [5.74, 6) is -0.144. The minimum Gasteiger partial charge on any atom is -0.390 e. The van der Waals surface area contributed by atoms with E-state index in [-0.39, 0.29) is 12.5 Å². The second-order valence-corrected chi connectivity index (χ2v) is 4.42. The Balaban J connectivity index is 2.34. The van der Waals surface area contributed by atoms with Gasteiger partial charge in [0.15, 0.2) is 0 Å². The average molecular weight is 253 g/mol. The van der Waals surface area contributed by atoms with E-state index in [2.05, 4.69) is 24.1 Å². The van der Waals surface area contributed by atoms with Crippen LogP contribution < -0.4 is 5.32 Å². The quantitative estimate of drug-likeness (QED) is 0.742. The third kappa shape index (κ3) is 4.50. The molecule has 1 aromatic heterocycles. The Morgan fingerprint density at radius 2 is 2.17 bits per heavy atom. The van der Waals surface area contributed by atoms with Crippen molar-refractivity contribution in [2.45, 2.75) is 20.0 Å². The number of aryl methyl sites for hydroxylation is 1. The maximum absolute atomic E-state index is 11.7. The molecule has 5 nitrogen and oxygen atoms in total. The number of carbonyl (C=O) groups is 1. The van der Waals surface area contributed by atoms with Gasteiger partial charge in [0.2, 0.25) is 0 Å². The lowest BCUT2D eigenvalue weighted by molar-refractivity contribution is 0.0869. The second-order valence-electron chi connectivity index (χ2n) is 4.42. The van der Waals surface area contributed by atoms with Gasteiger partial charge in [-0.2, -0.15) is 0 Å². The molecule has 2 N–H and O–H groups in total. The van der Waals surface area contributed by atoms with E-state index >= 15 is 0 Å². The highest BCUT2D eigenvalue weighted by molar-refractivity contribution is 5.93. The molecule has 18 heavy (non-hydrogen) atoms. The summed E-state index contributed by atoms with van der Waals surface area (Å²) in [6, 6.07) is 1.76. The van der Waals surface area contributed by atoms with Gasteiger partial charge in [0.1, 0.15) is 0 Å². The summed E-state index contributed by atoms with van der Waals surface area (Å²) in [4.78, 5) is 13.9. The molecule has 1 atom stereocenters. The van der Waals surface area contributed by atoms with Gasteiger partial charge in [0.25, 0.3) is 5.91 Å². The van der Waals surface area contributed by atoms with Crippen LogP contribution in [0.1, 0.15) is 24.2 Å². The lowest BCUT2D eigenvalue weighted by Gasteiger charge is -2.21. The van der Waals surface area contributed by atoms with Gasteiger partial charge in [0.05, 0.1) is 11.7 Å². The summed E-state index contributed by atoms with van der Waals surface area (Å²) in [6.45, 7) is 6.78. The number of aliphatic hydroxyl groups is 1. The fourth-order valence-electron chi connectivity index (χ4n) is 1.79. The van der Waals surface area contributed by atoms with Crippen molar-refractivity contribution >= 4 is 5.91 Å². The smallest absolute Gasteiger partial charge is 0.252 e. The summed E-state index contributed by atoms with van der Waals surface area (Å²) in [6.07, 6.45) is 3.05. The van der Waals surface area contributed by atoms with Crippen LogP contribution in [0.2, 0.25) is 0 Å². The minimum atomic E-state index is -0.530. The number of rotatable bonds is 7. The molecule has 0 aliphatic carbocycles. The molecule has 0 aromatic carbocycles. The zero-order valence-corrected chi connectivity index (χ0v) is 11.4. The van der Waals surface area contributed by atoms with E-state index in [1.54, 1.807) is 12.3 Å². The van der Waals surface area contributed by atoms with E-state index in [0.29, 0.717) is 12.1 Å². The number of aliphatic hydroxyl groups excluding tert-OH is 1. The summed E-state index contributed by atoms with van der Waals surface area (Å²) in [5.41, 5.74) is 0.618. The van der Waals surface area contributed by atoms with Gasteiger partial charge in [0, 0.05) is 32.5 Å². The van der Waals surface area contributed by atoms with E-state index in [1.807, 2.05) is 17.8 Å². The normalized spacial score (nSPS) is 12.7. The van der Waals surface area contributed by atoms with Crippen LogP contribution in [0.4, 0.5) is 0 Å². The monoisotopic (exact) mass is 253 g/mol. The second kappa shape index (κ2) is 7.18. The molecule has 0 aliphatic rings. The van der Waals surface area contributed by atoms with Gasteiger partial charge >= 0.3 is 0 Å². The molecule has 1 aromatic rings. The Labute approximate surface area is 108 Å². The molecule has 0 radical (unpaired) electrons. The van der Waals surface area contributed by atoms with Gasteiger partial charge in [-0.25, -0.2) is 0 Å². The Bertz CT molecular complexity index is 372. The minimum absolute atomic E-state index is 0.144. The van der Waals surface area contributed by atoms with Crippen LogP contribution in [-0.2, 0) is 7.05 Å². The number of carbonyl (C=O) groups excluding carboxylic acids is 1. The molecule has 1 amide bonds. The summed E-state index contributed by atoms with van der Waals surface area (Å²) >= 11 is 0. The molecular weight excluding hydrogens is 230 g/mol.